The Hall–Kier alpha value is -1.16. The summed E-state index contributed by atoms with van der Waals surface area (Å²) in [6, 6.07) is 1.75. The zero-order valence-electron chi connectivity index (χ0n) is 10.3. The summed E-state index contributed by atoms with van der Waals surface area (Å²) in [6.45, 7) is 5.04. The summed E-state index contributed by atoms with van der Waals surface area (Å²) in [5, 5.41) is 3.33. The molecule has 0 aromatic carbocycles. The molecular formula is C13H19N3O. The molecule has 2 unspecified atom stereocenters. The van der Waals surface area contributed by atoms with Crippen molar-refractivity contribution in [1.29, 1.82) is 0 Å². The highest BCUT2D eigenvalue weighted by molar-refractivity contribution is 5.13. The van der Waals surface area contributed by atoms with Gasteiger partial charge in [-0.1, -0.05) is 6.92 Å². The van der Waals surface area contributed by atoms with Crippen LogP contribution in [0.3, 0.4) is 0 Å². The fourth-order valence-corrected chi connectivity index (χ4v) is 2.85. The van der Waals surface area contributed by atoms with E-state index in [9.17, 15) is 4.79 Å². The summed E-state index contributed by atoms with van der Waals surface area (Å²) in [5.41, 5.74) is 1.14. The van der Waals surface area contributed by atoms with Gasteiger partial charge in [-0.3, -0.25) is 9.36 Å². The molecule has 17 heavy (non-hydrogen) atoms. The molecule has 1 fully saturated rings. The highest BCUT2D eigenvalue weighted by Crippen LogP contribution is 2.22. The molecule has 3 heterocycles. The van der Waals surface area contributed by atoms with Crippen LogP contribution in [0.1, 0.15) is 37.2 Å². The third-order valence-corrected chi connectivity index (χ3v) is 3.94. The van der Waals surface area contributed by atoms with Crippen molar-refractivity contribution in [2.75, 3.05) is 13.1 Å². The van der Waals surface area contributed by atoms with Crippen LogP contribution in [0.2, 0.25) is 0 Å². The van der Waals surface area contributed by atoms with Gasteiger partial charge in [-0.2, -0.15) is 0 Å². The minimum absolute atomic E-state index is 0.142. The van der Waals surface area contributed by atoms with Crippen molar-refractivity contribution in [2.45, 2.75) is 38.6 Å². The van der Waals surface area contributed by atoms with E-state index in [4.69, 9.17) is 4.98 Å². The van der Waals surface area contributed by atoms with Crippen molar-refractivity contribution < 1.29 is 0 Å². The maximum Gasteiger partial charge on any atom is 0.253 e. The van der Waals surface area contributed by atoms with Crippen LogP contribution in [0, 0.1) is 5.92 Å². The molecule has 0 saturated carbocycles. The molecule has 0 radical (unpaired) electrons. The third kappa shape index (κ3) is 2.02. The van der Waals surface area contributed by atoms with Crippen LogP contribution in [0.15, 0.2) is 10.9 Å². The van der Waals surface area contributed by atoms with E-state index in [1.54, 1.807) is 6.07 Å². The van der Waals surface area contributed by atoms with Crippen molar-refractivity contribution in [1.82, 2.24) is 14.9 Å². The van der Waals surface area contributed by atoms with E-state index >= 15 is 0 Å². The molecule has 92 valence electrons. The fraction of sp³-hybridized carbons (Fsp3) is 0.692. The van der Waals surface area contributed by atoms with Gasteiger partial charge in [0.05, 0.1) is 5.69 Å². The first-order valence-electron chi connectivity index (χ1n) is 6.55. The van der Waals surface area contributed by atoms with Crippen molar-refractivity contribution >= 4 is 0 Å². The Morgan fingerprint density at radius 1 is 1.47 bits per heavy atom. The van der Waals surface area contributed by atoms with Crippen LogP contribution in [0.25, 0.3) is 0 Å². The molecule has 4 nitrogen and oxygen atoms in total. The maximum absolute atomic E-state index is 12.1. The van der Waals surface area contributed by atoms with Gasteiger partial charge in [0.1, 0.15) is 5.82 Å². The average molecular weight is 233 g/mol. The van der Waals surface area contributed by atoms with Crippen LogP contribution >= 0.6 is 0 Å². The Balaban J connectivity index is 1.98. The SMILES string of the molecule is CC1CCc2nc(C3CCNC3)cc(=O)n2C1. The van der Waals surface area contributed by atoms with E-state index in [0.29, 0.717) is 11.8 Å². The zero-order valence-corrected chi connectivity index (χ0v) is 10.3. The Bertz CT molecular complexity index is 474. The van der Waals surface area contributed by atoms with E-state index < -0.39 is 0 Å². The molecule has 0 amide bonds. The Kier molecular flexibility index (Phi) is 2.74. The molecule has 0 spiro atoms. The first-order chi connectivity index (χ1) is 8.24. The summed E-state index contributed by atoms with van der Waals surface area (Å²) in [5.74, 6) is 2.03. The van der Waals surface area contributed by atoms with Crippen molar-refractivity contribution in [3.05, 3.63) is 27.9 Å². The molecule has 1 aromatic heterocycles. The van der Waals surface area contributed by atoms with Gasteiger partial charge in [-0.15, -0.1) is 0 Å². The highest BCUT2D eigenvalue weighted by atomic mass is 16.1. The predicted molar refractivity (Wildman–Crippen MR) is 66.2 cm³/mol. The van der Waals surface area contributed by atoms with E-state index in [2.05, 4.69) is 12.2 Å². The number of nitrogens with one attached hydrogen (secondary N) is 1. The smallest absolute Gasteiger partial charge is 0.253 e. The summed E-state index contributed by atoms with van der Waals surface area (Å²) in [7, 11) is 0. The van der Waals surface area contributed by atoms with Gasteiger partial charge < -0.3 is 5.32 Å². The number of aryl methyl sites for hydroxylation is 1. The lowest BCUT2D eigenvalue weighted by Crippen LogP contribution is -2.32. The van der Waals surface area contributed by atoms with Crippen molar-refractivity contribution in [3.63, 3.8) is 0 Å². The number of rotatable bonds is 1. The summed E-state index contributed by atoms with van der Waals surface area (Å²) < 4.78 is 1.86. The second-order valence-corrected chi connectivity index (χ2v) is 5.38. The number of aromatic nitrogens is 2. The second-order valence-electron chi connectivity index (χ2n) is 5.38. The van der Waals surface area contributed by atoms with Gasteiger partial charge in [0.15, 0.2) is 0 Å². The molecule has 0 bridgehead atoms. The lowest BCUT2D eigenvalue weighted by Gasteiger charge is -2.23. The Labute approximate surface area is 101 Å². The second kappa shape index (κ2) is 4.26. The predicted octanol–water partition coefficient (Wildman–Crippen LogP) is 0.902. The van der Waals surface area contributed by atoms with E-state index in [1.165, 1.54) is 0 Å². The lowest BCUT2D eigenvalue weighted by atomic mass is 10.00. The molecule has 2 aliphatic rings. The van der Waals surface area contributed by atoms with Crippen LogP contribution in [0.4, 0.5) is 0 Å². The van der Waals surface area contributed by atoms with Crippen LogP contribution in [0.5, 0.6) is 0 Å². The first-order valence-corrected chi connectivity index (χ1v) is 6.55. The van der Waals surface area contributed by atoms with Crippen LogP contribution in [-0.4, -0.2) is 22.6 Å². The quantitative estimate of drug-likeness (QED) is 0.784. The number of hydrogen-bond donors (Lipinski definition) is 1. The average Bonchev–Trinajstić information content (AvgIpc) is 2.83. The fourth-order valence-electron chi connectivity index (χ4n) is 2.85. The van der Waals surface area contributed by atoms with Gasteiger partial charge >= 0.3 is 0 Å². The molecule has 3 rings (SSSR count). The lowest BCUT2D eigenvalue weighted by molar-refractivity contribution is 0.376. The number of nitrogens with zero attached hydrogens (tertiary/aromatic N) is 2. The van der Waals surface area contributed by atoms with E-state index in [1.807, 2.05) is 4.57 Å². The number of fused-ring (bicyclic) bond motifs is 1. The topological polar surface area (TPSA) is 46.9 Å². The van der Waals surface area contributed by atoms with Crippen LogP contribution in [-0.2, 0) is 13.0 Å². The molecule has 0 aliphatic carbocycles. The standard InChI is InChI=1S/C13H19N3O/c1-9-2-3-12-15-11(10-4-5-14-7-10)6-13(17)16(12)8-9/h6,9-10,14H,2-5,7-8H2,1H3. The van der Waals surface area contributed by atoms with Gasteiger partial charge in [-0.25, -0.2) is 4.98 Å². The van der Waals surface area contributed by atoms with Gasteiger partial charge in [0, 0.05) is 31.5 Å². The minimum atomic E-state index is 0.142. The normalized spacial score (nSPS) is 28.1. The van der Waals surface area contributed by atoms with E-state index in [-0.39, 0.29) is 5.56 Å². The van der Waals surface area contributed by atoms with Gasteiger partial charge in [-0.05, 0) is 25.3 Å². The summed E-state index contributed by atoms with van der Waals surface area (Å²) >= 11 is 0. The molecule has 2 aliphatic heterocycles. The largest absolute Gasteiger partial charge is 0.316 e. The molecule has 1 saturated heterocycles. The number of hydrogen-bond acceptors (Lipinski definition) is 3. The summed E-state index contributed by atoms with van der Waals surface area (Å²) in [4.78, 5) is 16.8. The molecule has 4 heteroatoms. The first kappa shape index (κ1) is 11.0. The molecule has 2 atom stereocenters. The third-order valence-electron chi connectivity index (χ3n) is 3.94. The Morgan fingerprint density at radius 3 is 3.12 bits per heavy atom. The Morgan fingerprint density at radius 2 is 2.35 bits per heavy atom. The van der Waals surface area contributed by atoms with Gasteiger partial charge in [0.2, 0.25) is 0 Å². The maximum atomic E-state index is 12.1. The summed E-state index contributed by atoms with van der Waals surface area (Å²) in [6.07, 6.45) is 3.20. The van der Waals surface area contributed by atoms with Crippen LogP contribution < -0.4 is 10.9 Å². The van der Waals surface area contributed by atoms with Crippen molar-refractivity contribution in [2.24, 2.45) is 5.92 Å². The molecular weight excluding hydrogens is 214 g/mol. The molecule has 1 N–H and O–H groups in total. The molecule has 1 aromatic rings. The minimum Gasteiger partial charge on any atom is -0.316 e. The van der Waals surface area contributed by atoms with E-state index in [0.717, 1.165) is 50.4 Å². The zero-order chi connectivity index (χ0) is 11.8. The monoisotopic (exact) mass is 233 g/mol. The van der Waals surface area contributed by atoms with Gasteiger partial charge in [0.25, 0.3) is 5.56 Å². The van der Waals surface area contributed by atoms with Crippen molar-refractivity contribution in [3.8, 4) is 0 Å². The highest BCUT2D eigenvalue weighted by Gasteiger charge is 2.22.